The van der Waals surface area contributed by atoms with Gasteiger partial charge in [-0.3, -0.25) is 10.1 Å². The summed E-state index contributed by atoms with van der Waals surface area (Å²) in [7, 11) is 0. The largest absolute Gasteiger partial charge is 0.348 e. The van der Waals surface area contributed by atoms with Gasteiger partial charge in [-0.25, -0.2) is 4.39 Å². The van der Waals surface area contributed by atoms with Crippen molar-refractivity contribution >= 4 is 11.6 Å². The highest BCUT2D eigenvalue weighted by Crippen LogP contribution is 2.36. The van der Waals surface area contributed by atoms with E-state index in [9.17, 15) is 9.18 Å². The third kappa shape index (κ3) is 3.92. The van der Waals surface area contributed by atoms with Crippen LogP contribution in [0.25, 0.3) is 0 Å². The highest BCUT2D eigenvalue weighted by Gasteiger charge is 2.40. The average Bonchev–Trinajstić information content (AvgIpc) is 3.34. The van der Waals surface area contributed by atoms with Crippen molar-refractivity contribution in [2.75, 3.05) is 11.9 Å². The van der Waals surface area contributed by atoms with Crippen LogP contribution in [0.4, 0.5) is 10.1 Å². The molecule has 0 aromatic heterocycles. The minimum absolute atomic E-state index is 0.0996. The highest BCUT2D eigenvalue weighted by atomic mass is 19.1. The molecule has 23 heavy (non-hydrogen) atoms. The number of nitriles is 1. The van der Waals surface area contributed by atoms with Gasteiger partial charge in [0, 0.05) is 5.69 Å². The van der Waals surface area contributed by atoms with Gasteiger partial charge in [-0.15, -0.1) is 0 Å². The first-order chi connectivity index (χ1) is 11.2. The van der Waals surface area contributed by atoms with Crippen LogP contribution in [0.5, 0.6) is 0 Å². The average molecular weight is 311 g/mol. The maximum Gasteiger partial charge on any atom is 0.238 e. The highest BCUT2D eigenvalue weighted by molar-refractivity contribution is 5.92. The summed E-state index contributed by atoms with van der Waals surface area (Å²) in [6, 6.07) is 14.7. The fraction of sp³-hybridized carbons (Fsp3) is 0.176. The second kappa shape index (κ2) is 6.57. The summed E-state index contributed by atoms with van der Waals surface area (Å²) in [4.78, 5) is 11.8. The van der Waals surface area contributed by atoms with Crippen LogP contribution < -0.4 is 10.6 Å². The van der Waals surface area contributed by atoms with E-state index in [0.29, 0.717) is 11.3 Å². The van der Waals surface area contributed by atoms with Crippen molar-refractivity contribution in [2.45, 2.75) is 12.3 Å². The molecule has 0 spiro atoms. The van der Waals surface area contributed by atoms with Gasteiger partial charge in [0.2, 0.25) is 5.91 Å². The number of ether oxygens (including phenoxy) is 1. The molecular formula is C17H14FN3O2. The van der Waals surface area contributed by atoms with Crippen LogP contribution in [-0.4, -0.2) is 18.7 Å². The van der Waals surface area contributed by atoms with E-state index in [0.717, 1.165) is 5.56 Å². The Hall–Kier alpha value is -2.75. The van der Waals surface area contributed by atoms with Crippen molar-refractivity contribution < 1.29 is 13.9 Å². The first-order valence-electron chi connectivity index (χ1n) is 7.10. The lowest BCUT2D eigenvalue weighted by Gasteiger charge is -2.05. The van der Waals surface area contributed by atoms with E-state index in [1.54, 1.807) is 36.4 Å². The number of halogens is 1. The van der Waals surface area contributed by atoms with Crippen molar-refractivity contribution in [1.82, 2.24) is 5.32 Å². The van der Waals surface area contributed by atoms with E-state index in [1.165, 1.54) is 12.1 Å². The lowest BCUT2D eigenvalue weighted by molar-refractivity contribution is -0.115. The van der Waals surface area contributed by atoms with Crippen LogP contribution >= 0.6 is 0 Å². The van der Waals surface area contributed by atoms with Gasteiger partial charge in [-0.2, -0.15) is 5.26 Å². The Balaban J connectivity index is 1.45. The molecule has 1 aliphatic rings. The van der Waals surface area contributed by atoms with Gasteiger partial charge in [0.05, 0.1) is 18.2 Å². The van der Waals surface area contributed by atoms with Crippen molar-refractivity contribution in [1.29, 1.82) is 5.26 Å². The van der Waals surface area contributed by atoms with E-state index in [1.807, 2.05) is 6.07 Å². The second-order valence-corrected chi connectivity index (χ2v) is 5.15. The minimum Gasteiger partial charge on any atom is -0.348 e. The number of nitrogens with one attached hydrogen (secondary N) is 2. The molecule has 3 rings (SSSR count). The van der Waals surface area contributed by atoms with E-state index < -0.39 is 0 Å². The minimum atomic E-state index is -0.291. The summed E-state index contributed by atoms with van der Waals surface area (Å²) < 4.78 is 18.3. The number of carbonyl (C=O) groups excluding carboxylic acids is 1. The molecule has 0 radical (unpaired) electrons. The number of anilines is 1. The normalized spacial score (nSPS) is 19.0. The predicted molar refractivity (Wildman–Crippen MR) is 81.8 cm³/mol. The lowest BCUT2D eigenvalue weighted by atomic mass is 10.1. The van der Waals surface area contributed by atoms with Crippen molar-refractivity contribution in [3.8, 4) is 6.07 Å². The summed E-state index contributed by atoms with van der Waals surface area (Å²) in [5.74, 6) is -0.497. The Morgan fingerprint density at radius 2 is 1.87 bits per heavy atom. The number of carbonyl (C=O) groups is 1. The van der Waals surface area contributed by atoms with Gasteiger partial charge < -0.3 is 10.1 Å². The van der Waals surface area contributed by atoms with Gasteiger partial charge in [-0.05, 0) is 42.0 Å². The quantitative estimate of drug-likeness (QED) is 0.831. The summed E-state index contributed by atoms with van der Waals surface area (Å²) in [5, 5.41) is 14.4. The SMILES string of the molecule is N#Cc1ccc(NC(=O)CNC2OC2c2ccc(F)cc2)cc1. The van der Waals surface area contributed by atoms with Crippen LogP contribution in [0.2, 0.25) is 0 Å². The predicted octanol–water partition coefficient (Wildman–Crippen LogP) is 2.32. The zero-order chi connectivity index (χ0) is 16.2. The molecule has 1 fully saturated rings. The fourth-order valence-electron chi connectivity index (χ4n) is 2.20. The molecule has 1 amide bonds. The molecule has 2 unspecified atom stereocenters. The molecule has 1 aliphatic heterocycles. The number of epoxide rings is 1. The number of hydrogen-bond acceptors (Lipinski definition) is 4. The summed E-state index contributed by atoms with van der Waals surface area (Å²) in [6.07, 6.45) is -0.398. The summed E-state index contributed by atoms with van der Waals surface area (Å²) in [6.45, 7) is 0.0996. The monoisotopic (exact) mass is 311 g/mol. The Kier molecular flexibility index (Phi) is 4.33. The molecule has 1 heterocycles. The second-order valence-electron chi connectivity index (χ2n) is 5.15. The molecule has 0 bridgehead atoms. The van der Waals surface area contributed by atoms with Crippen molar-refractivity contribution in [3.63, 3.8) is 0 Å². The Labute approximate surface area is 132 Å². The molecule has 116 valence electrons. The van der Waals surface area contributed by atoms with Crippen LogP contribution in [-0.2, 0) is 9.53 Å². The Bertz CT molecular complexity index is 738. The summed E-state index contributed by atoms with van der Waals surface area (Å²) in [5.41, 5.74) is 2.04. The van der Waals surface area contributed by atoms with Crippen LogP contribution in [0.3, 0.4) is 0 Å². The van der Waals surface area contributed by atoms with Crippen molar-refractivity contribution in [3.05, 3.63) is 65.5 Å². The molecule has 1 saturated heterocycles. The molecule has 2 aromatic carbocycles. The van der Waals surface area contributed by atoms with Gasteiger partial charge in [0.1, 0.15) is 18.1 Å². The van der Waals surface area contributed by atoms with Gasteiger partial charge in [0.25, 0.3) is 0 Å². The zero-order valence-corrected chi connectivity index (χ0v) is 12.1. The topological polar surface area (TPSA) is 77.5 Å². The molecule has 2 aromatic rings. The van der Waals surface area contributed by atoms with Crippen LogP contribution in [0.15, 0.2) is 48.5 Å². The molecule has 6 heteroatoms. The molecular weight excluding hydrogens is 297 g/mol. The third-order valence-corrected chi connectivity index (χ3v) is 3.45. The van der Waals surface area contributed by atoms with E-state index >= 15 is 0 Å². The number of nitrogens with zero attached hydrogens (tertiary/aromatic N) is 1. The van der Waals surface area contributed by atoms with E-state index in [4.69, 9.17) is 10.00 Å². The number of amides is 1. The maximum absolute atomic E-state index is 12.8. The van der Waals surface area contributed by atoms with Crippen LogP contribution in [0.1, 0.15) is 17.2 Å². The lowest BCUT2D eigenvalue weighted by Crippen LogP contribution is -2.30. The zero-order valence-electron chi connectivity index (χ0n) is 12.1. The number of rotatable bonds is 5. The Morgan fingerprint density at radius 1 is 1.17 bits per heavy atom. The van der Waals surface area contributed by atoms with E-state index in [2.05, 4.69) is 10.6 Å². The number of benzene rings is 2. The summed E-state index contributed by atoms with van der Waals surface area (Å²) >= 11 is 0. The molecule has 0 aliphatic carbocycles. The van der Waals surface area contributed by atoms with Crippen molar-refractivity contribution in [2.24, 2.45) is 0 Å². The first kappa shape index (κ1) is 15.2. The van der Waals surface area contributed by atoms with E-state index in [-0.39, 0.29) is 30.6 Å². The molecule has 2 atom stereocenters. The van der Waals surface area contributed by atoms with Gasteiger partial charge in [-0.1, -0.05) is 12.1 Å². The molecule has 5 nitrogen and oxygen atoms in total. The van der Waals surface area contributed by atoms with Gasteiger partial charge >= 0.3 is 0 Å². The van der Waals surface area contributed by atoms with Gasteiger partial charge in [0.15, 0.2) is 0 Å². The molecule has 2 N–H and O–H groups in total. The smallest absolute Gasteiger partial charge is 0.238 e. The standard InChI is InChI=1S/C17H14FN3O2/c18-13-5-3-12(4-6-13)16-17(23-16)20-10-15(22)21-14-7-1-11(9-19)2-8-14/h1-8,16-17,20H,10H2,(H,21,22). The third-order valence-electron chi connectivity index (χ3n) is 3.45. The number of hydrogen-bond donors (Lipinski definition) is 2. The fourth-order valence-corrected chi connectivity index (χ4v) is 2.20. The Morgan fingerprint density at radius 3 is 2.52 bits per heavy atom. The van der Waals surface area contributed by atoms with Crippen LogP contribution in [0, 0.1) is 17.1 Å². The first-order valence-corrected chi connectivity index (χ1v) is 7.10. The maximum atomic E-state index is 12.8. The molecule has 0 saturated carbocycles.